The van der Waals surface area contributed by atoms with E-state index in [2.05, 4.69) is 15.9 Å². The van der Waals surface area contributed by atoms with E-state index in [1.165, 1.54) is 12.2 Å². The number of aliphatic hydroxyl groups is 2. The Balaban J connectivity index is 3.97. The molecule has 94 valence electrons. The monoisotopic (exact) mass is 294 g/mol. The van der Waals surface area contributed by atoms with E-state index in [9.17, 15) is 15.0 Å². The molecule has 0 saturated heterocycles. The highest BCUT2D eigenvalue weighted by Gasteiger charge is 2.15. The van der Waals surface area contributed by atoms with Crippen LogP contribution in [0, 0.1) is 0 Å². The van der Waals surface area contributed by atoms with E-state index in [1.54, 1.807) is 20.8 Å². The summed E-state index contributed by atoms with van der Waals surface area (Å²) in [5.74, 6) is -0.451. The summed E-state index contributed by atoms with van der Waals surface area (Å²) in [5.41, 5.74) is -0.518. The Morgan fingerprint density at radius 3 is 2.38 bits per heavy atom. The number of carbonyl (C=O) groups excluding carboxylic acids is 1. The summed E-state index contributed by atoms with van der Waals surface area (Å²) >= 11 is 3.05. The number of carbonyl (C=O) groups is 1. The van der Waals surface area contributed by atoms with E-state index in [0.29, 0.717) is 5.33 Å². The van der Waals surface area contributed by atoms with Gasteiger partial charge in [0.05, 0.1) is 12.2 Å². The molecule has 0 aliphatic carbocycles. The Kier molecular flexibility index (Phi) is 6.87. The third-order valence-corrected chi connectivity index (χ3v) is 2.30. The molecule has 5 heteroatoms. The van der Waals surface area contributed by atoms with Crippen molar-refractivity contribution in [3.8, 4) is 0 Å². The lowest BCUT2D eigenvalue weighted by Gasteiger charge is -2.18. The second-order valence-corrected chi connectivity index (χ2v) is 5.11. The number of alkyl halides is 1. The van der Waals surface area contributed by atoms with Crippen LogP contribution in [-0.4, -0.2) is 39.3 Å². The minimum Gasteiger partial charge on any atom is -0.457 e. The van der Waals surface area contributed by atoms with Gasteiger partial charge in [-0.2, -0.15) is 0 Å². The molecule has 4 nitrogen and oxygen atoms in total. The van der Waals surface area contributed by atoms with E-state index in [-0.39, 0.29) is 6.42 Å². The lowest BCUT2D eigenvalue weighted by molar-refractivity contribution is -0.148. The molecule has 0 heterocycles. The molecule has 0 spiro atoms. The molecule has 0 rings (SSSR count). The van der Waals surface area contributed by atoms with Gasteiger partial charge in [0.1, 0.15) is 5.60 Å². The average molecular weight is 295 g/mol. The van der Waals surface area contributed by atoms with Crippen molar-refractivity contribution in [2.75, 3.05) is 5.33 Å². The quantitative estimate of drug-likeness (QED) is 0.457. The molecule has 0 aromatic rings. The Morgan fingerprint density at radius 1 is 1.38 bits per heavy atom. The molecule has 16 heavy (non-hydrogen) atoms. The summed E-state index contributed by atoms with van der Waals surface area (Å²) in [6.07, 6.45) is 1.26. The van der Waals surface area contributed by atoms with E-state index in [0.717, 1.165) is 0 Å². The molecule has 0 aromatic carbocycles. The van der Waals surface area contributed by atoms with Gasteiger partial charge in [0.15, 0.2) is 0 Å². The third-order valence-electron chi connectivity index (χ3n) is 1.64. The molecular weight excluding hydrogens is 276 g/mol. The first-order valence-corrected chi connectivity index (χ1v) is 6.20. The van der Waals surface area contributed by atoms with Gasteiger partial charge in [-0.15, -0.1) is 0 Å². The average Bonchev–Trinajstić information content (AvgIpc) is 2.13. The fraction of sp³-hybridized carbons (Fsp3) is 0.727. The molecule has 0 saturated carbocycles. The number of esters is 1. The first-order valence-electron chi connectivity index (χ1n) is 5.08. The van der Waals surface area contributed by atoms with Crippen molar-refractivity contribution in [2.45, 2.75) is 45.0 Å². The molecule has 0 aliphatic heterocycles. The molecule has 2 N–H and O–H groups in total. The van der Waals surface area contributed by atoms with Crippen molar-refractivity contribution in [1.29, 1.82) is 0 Å². The van der Waals surface area contributed by atoms with Gasteiger partial charge in [0, 0.05) is 11.4 Å². The molecule has 0 unspecified atom stereocenters. The zero-order valence-corrected chi connectivity index (χ0v) is 11.4. The summed E-state index contributed by atoms with van der Waals surface area (Å²) in [7, 11) is 0. The summed E-state index contributed by atoms with van der Waals surface area (Å²) in [6, 6.07) is 0. The van der Waals surface area contributed by atoms with Crippen molar-refractivity contribution >= 4 is 21.9 Å². The molecule has 0 fully saturated rings. The van der Waals surface area contributed by atoms with E-state index < -0.39 is 23.8 Å². The van der Waals surface area contributed by atoms with Gasteiger partial charge in [-0.1, -0.05) is 22.0 Å². The predicted octanol–water partition coefficient (Wildman–Crippen LogP) is 1.39. The molecule has 0 amide bonds. The summed E-state index contributed by atoms with van der Waals surface area (Å²) < 4.78 is 5.03. The van der Waals surface area contributed by atoms with Crippen LogP contribution in [0.1, 0.15) is 27.2 Å². The van der Waals surface area contributed by atoms with Crippen LogP contribution < -0.4 is 0 Å². The van der Waals surface area contributed by atoms with Crippen LogP contribution in [0.3, 0.4) is 0 Å². The third kappa shape index (κ3) is 7.84. The number of rotatable bonds is 5. The van der Waals surface area contributed by atoms with Crippen LogP contribution in [-0.2, 0) is 9.53 Å². The molecular formula is C11H19BrO4. The topological polar surface area (TPSA) is 66.8 Å². The Labute approximate surface area is 104 Å². The zero-order chi connectivity index (χ0) is 12.8. The molecule has 2 atom stereocenters. The minimum atomic E-state index is -0.877. The second kappa shape index (κ2) is 7.04. The standard InChI is InChI=1S/C11H19BrO4/c1-11(2,3)16-10(15)6-4-5-8(13)9(14)7-12/h4,6,8-9,13-14H,5,7H2,1-3H3/b6-4+/t8-,9+/m0/s1. The maximum atomic E-state index is 11.2. The first-order chi connectivity index (χ1) is 7.26. The van der Waals surface area contributed by atoms with Crippen LogP contribution in [0.5, 0.6) is 0 Å². The Bertz CT molecular complexity index is 245. The van der Waals surface area contributed by atoms with E-state index in [1.807, 2.05) is 0 Å². The van der Waals surface area contributed by atoms with E-state index >= 15 is 0 Å². The van der Waals surface area contributed by atoms with Crippen LogP contribution in [0.15, 0.2) is 12.2 Å². The fourth-order valence-corrected chi connectivity index (χ4v) is 1.33. The van der Waals surface area contributed by atoms with Gasteiger partial charge in [-0.05, 0) is 27.2 Å². The van der Waals surface area contributed by atoms with Crippen LogP contribution >= 0.6 is 15.9 Å². The van der Waals surface area contributed by atoms with Crippen LogP contribution in [0.25, 0.3) is 0 Å². The lowest BCUT2D eigenvalue weighted by Crippen LogP contribution is -2.26. The summed E-state index contributed by atoms with van der Waals surface area (Å²) in [4.78, 5) is 11.2. The summed E-state index contributed by atoms with van der Waals surface area (Å²) in [5, 5.41) is 18.9. The van der Waals surface area contributed by atoms with Gasteiger partial charge in [0.2, 0.25) is 0 Å². The lowest BCUT2D eigenvalue weighted by atomic mass is 10.1. The molecule has 0 aromatic heterocycles. The molecule has 0 bridgehead atoms. The predicted molar refractivity (Wildman–Crippen MR) is 65.4 cm³/mol. The van der Waals surface area contributed by atoms with Crippen molar-refractivity contribution in [2.24, 2.45) is 0 Å². The Hall–Kier alpha value is -0.390. The van der Waals surface area contributed by atoms with Gasteiger partial charge in [-0.3, -0.25) is 0 Å². The Morgan fingerprint density at radius 2 is 1.94 bits per heavy atom. The highest BCUT2D eigenvalue weighted by atomic mass is 79.9. The maximum Gasteiger partial charge on any atom is 0.330 e. The maximum absolute atomic E-state index is 11.2. The number of hydrogen-bond acceptors (Lipinski definition) is 4. The number of ether oxygens (including phenoxy) is 1. The van der Waals surface area contributed by atoms with Crippen molar-refractivity contribution < 1.29 is 19.7 Å². The normalized spacial score (nSPS) is 16.1. The van der Waals surface area contributed by atoms with Crippen LogP contribution in [0.4, 0.5) is 0 Å². The largest absolute Gasteiger partial charge is 0.457 e. The number of halogens is 1. The van der Waals surface area contributed by atoms with Gasteiger partial charge in [-0.25, -0.2) is 4.79 Å². The number of hydrogen-bond donors (Lipinski definition) is 2. The van der Waals surface area contributed by atoms with Crippen LogP contribution in [0.2, 0.25) is 0 Å². The highest BCUT2D eigenvalue weighted by molar-refractivity contribution is 9.09. The second-order valence-electron chi connectivity index (χ2n) is 4.46. The SMILES string of the molecule is CC(C)(C)OC(=O)/C=C/C[C@H](O)[C@H](O)CBr. The van der Waals surface area contributed by atoms with Crippen molar-refractivity contribution in [3.05, 3.63) is 12.2 Å². The van der Waals surface area contributed by atoms with Gasteiger partial charge < -0.3 is 14.9 Å². The molecule has 0 radical (unpaired) electrons. The highest BCUT2D eigenvalue weighted by Crippen LogP contribution is 2.08. The first kappa shape index (κ1) is 15.6. The fourth-order valence-electron chi connectivity index (χ4n) is 0.899. The van der Waals surface area contributed by atoms with E-state index in [4.69, 9.17) is 4.74 Å². The van der Waals surface area contributed by atoms with Gasteiger partial charge >= 0.3 is 5.97 Å². The zero-order valence-electron chi connectivity index (χ0n) is 9.81. The van der Waals surface area contributed by atoms with Crippen molar-refractivity contribution in [1.82, 2.24) is 0 Å². The summed E-state index contributed by atoms with van der Waals surface area (Å²) in [6.45, 7) is 5.34. The molecule has 0 aliphatic rings. The smallest absolute Gasteiger partial charge is 0.330 e. The minimum absolute atomic E-state index is 0.214. The van der Waals surface area contributed by atoms with Gasteiger partial charge in [0.25, 0.3) is 0 Å². The van der Waals surface area contributed by atoms with Crippen molar-refractivity contribution in [3.63, 3.8) is 0 Å². The number of aliphatic hydroxyl groups excluding tert-OH is 2.